The standard InChI is InChI=1S/C21H28I3N3O10/c1-9(30)27(10(2)31)19-17(23)14(20(35)25-3-11(32)5-28)16(22)15(18(19)24)21(36)26-4-12(33)7-37-8-13(34)6-29/h11-13,28-29,32-34H,3-8H2,1-2H3,(H,25,35)(H,26,36). The van der Waals surface area contributed by atoms with Gasteiger partial charge < -0.3 is 40.9 Å². The molecule has 0 radical (unpaired) electrons. The molecule has 0 aliphatic heterocycles. The van der Waals surface area contributed by atoms with Gasteiger partial charge in [0.1, 0.15) is 6.10 Å². The van der Waals surface area contributed by atoms with Gasteiger partial charge in [0.2, 0.25) is 11.8 Å². The Balaban J connectivity index is 3.43. The number of imide groups is 1. The first kappa shape index (κ1) is 34.3. The Labute approximate surface area is 253 Å². The van der Waals surface area contributed by atoms with Gasteiger partial charge in [0.05, 0.1) is 62.6 Å². The molecule has 0 aromatic heterocycles. The summed E-state index contributed by atoms with van der Waals surface area (Å²) in [6, 6.07) is 0. The van der Waals surface area contributed by atoms with Crippen molar-refractivity contribution in [3.05, 3.63) is 21.8 Å². The van der Waals surface area contributed by atoms with Crippen LogP contribution in [0.3, 0.4) is 0 Å². The van der Waals surface area contributed by atoms with Crippen LogP contribution in [-0.4, -0.2) is 107 Å². The number of aliphatic hydroxyl groups is 5. The highest BCUT2D eigenvalue weighted by atomic mass is 127. The fourth-order valence-corrected chi connectivity index (χ4v) is 7.53. The molecule has 0 saturated carbocycles. The molecule has 208 valence electrons. The molecule has 0 aliphatic carbocycles. The molecule has 1 aromatic rings. The normalized spacial score (nSPS) is 13.5. The zero-order valence-corrected chi connectivity index (χ0v) is 26.3. The van der Waals surface area contributed by atoms with Gasteiger partial charge in [-0.25, -0.2) is 4.90 Å². The van der Waals surface area contributed by atoms with Crippen molar-refractivity contribution in [2.75, 3.05) is 44.4 Å². The fraction of sp³-hybridized carbons (Fsp3) is 0.524. The molecule has 0 fully saturated rings. The van der Waals surface area contributed by atoms with Gasteiger partial charge in [0.15, 0.2) is 0 Å². The minimum atomic E-state index is -1.22. The summed E-state index contributed by atoms with van der Waals surface area (Å²) in [5.74, 6) is -2.71. The molecule has 0 spiro atoms. The number of halogens is 3. The van der Waals surface area contributed by atoms with Crippen molar-refractivity contribution >= 4 is 97.1 Å². The Morgan fingerprint density at radius 1 is 0.757 bits per heavy atom. The lowest BCUT2D eigenvalue weighted by Gasteiger charge is -2.25. The van der Waals surface area contributed by atoms with Crippen LogP contribution in [0.25, 0.3) is 0 Å². The molecular formula is C21H28I3N3O10. The molecule has 37 heavy (non-hydrogen) atoms. The number of hydrogen-bond donors (Lipinski definition) is 7. The number of rotatable bonds is 13. The van der Waals surface area contributed by atoms with E-state index in [2.05, 4.69) is 10.6 Å². The van der Waals surface area contributed by atoms with E-state index >= 15 is 0 Å². The van der Waals surface area contributed by atoms with E-state index < -0.39 is 55.2 Å². The molecular weight excluding hydrogens is 835 g/mol. The lowest BCUT2D eigenvalue weighted by molar-refractivity contribution is -0.124. The molecule has 0 bridgehead atoms. The predicted molar refractivity (Wildman–Crippen MR) is 156 cm³/mol. The average Bonchev–Trinajstić information content (AvgIpc) is 2.82. The third-order valence-electron chi connectivity index (χ3n) is 4.64. The number of amides is 4. The smallest absolute Gasteiger partial charge is 0.253 e. The summed E-state index contributed by atoms with van der Waals surface area (Å²) in [6.45, 7) is 0.206. The largest absolute Gasteiger partial charge is 0.394 e. The molecule has 3 atom stereocenters. The van der Waals surface area contributed by atoms with Crippen molar-refractivity contribution in [2.24, 2.45) is 0 Å². The van der Waals surface area contributed by atoms with Crippen molar-refractivity contribution in [1.82, 2.24) is 10.6 Å². The molecule has 1 rings (SSSR count). The van der Waals surface area contributed by atoms with Crippen molar-refractivity contribution in [2.45, 2.75) is 32.2 Å². The van der Waals surface area contributed by atoms with Gasteiger partial charge in [-0.15, -0.1) is 0 Å². The Morgan fingerprint density at radius 3 is 1.57 bits per heavy atom. The zero-order valence-electron chi connectivity index (χ0n) is 19.8. The van der Waals surface area contributed by atoms with Gasteiger partial charge in [0, 0.05) is 30.5 Å². The number of nitrogens with one attached hydrogen (secondary N) is 2. The Kier molecular flexibility index (Phi) is 15.2. The van der Waals surface area contributed by atoms with Crippen LogP contribution in [0.15, 0.2) is 0 Å². The molecule has 1 aromatic carbocycles. The van der Waals surface area contributed by atoms with Crippen molar-refractivity contribution in [3.8, 4) is 0 Å². The summed E-state index contributed by atoms with van der Waals surface area (Å²) in [6.07, 6.45) is -3.50. The van der Waals surface area contributed by atoms with Crippen LogP contribution >= 0.6 is 67.8 Å². The average molecular weight is 863 g/mol. The molecule has 13 nitrogen and oxygen atoms in total. The maximum Gasteiger partial charge on any atom is 0.253 e. The monoisotopic (exact) mass is 863 g/mol. The number of hydrogen-bond acceptors (Lipinski definition) is 10. The van der Waals surface area contributed by atoms with Crippen molar-refractivity contribution < 1.29 is 49.4 Å². The van der Waals surface area contributed by atoms with E-state index in [1.165, 1.54) is 0 Å². The van der Waals surface area contributed by atoms with Crippen LogP contribution in [0.2, 0.25) is 0 Å². The highest BCUT2D eigenvalue weighted by Gasteiger charge is 2.33. The van der Waals surface area contributed by atoms with E-state index in [1.807, 2.05) is 0 Å². The van der Waals surface area contributed by atoms with Crippen molar-refractivity contribution in [1.29, 1.82) is 0 Å². The van der Waals surface area contributed by atoms with Gasteiger partial charge in [-0.2, -0.15) is 0 Å². The van der Waals surface area contributed by atoms with Gasteiger partial charge in [-0.05, 0) is 67.8 Å². The zero-order chi connectivity index (χ0) is 28.4. The topological polar surface area (TPSA) is 206 Å². The second-order valence-corrected chi connectivity index (χ2v) is 10.9. The van der Waals surface area contributed by atoms with Gasteiger partial charge in [0.25, 0.3) is 11.8 Å². The van der Waals surface area contributed by atoms with E-state index in [1.54, 1.807) is 67.8 Å². The summed E-state index contributed by atoms with van der Waals surface area (Å²) < 4.78 is 5.67. The van der Waals surface area contributed by atoms with E-state index in [9.17, 15) is 34.5 Å². The van der Waals surface area contributed by atoms with Crippen LogP contribution in [0.5, 0.6) is 0 Å². The number of anilines is 1. The van der Waals surface area contributed by atoms with Crippen LogP contribution in [-0.2, 0) is 14.3 Å². The van der Waals surface area contributed by atoms with Crippen LogP contribution in [0.1, 0.15) is 34.6 Å². The van der Waals surface area contributed by atoms with Crippen LogP contribution in [0, 0.1) is 10.7 Å². The van der Waals surface area contributed by atoms with Crippen molar-refractivity contribution in [3.63, 3.8) is 0 Å². The molecule has 0 heterocycles. The predicted octanol–water partition coefficient (Wildman–Crippen LogP) is -1.06. The molecule has 0 saturated heterocycles. The first-order chi connectivity index (χ1) is 17.3. The first-order valence-corrected chi connectivity index (χ1v) is 13.9. The van der Waals surface area contributed by atoms with Crippen LogP contribution in [0.4, 0.5) is 5.69 Å². The third-order valence-corrected chi connectivity index (χ3v) is 7.82. The maximum absolute atomic E-state index is 13.2. The lowest BCUT2D eigenvalue weighted by atomic mass is 10.1. The molecule has 7 N–H and O–H groups in total. The number of benzene rings is 1. The summed E-state index contributed by atoms with van der Waals surface area (Å²) >= 11 is 5.38. The summed E-state index contributed by atoms with van der Waals surface area (Å²) in [5.41, 5.74) is -0.0245. The number of carbonyl (C=O) groups is 4. The fourth-order valence-electron chi connectivity index (χ4n) is 2.90. The lowest BCUT2D eigenvalue weighted by Crippen LogP contribution is -2.39. The van der Waals surface area contributed by atoms with Gasteiger partial charge in [-0.3, -0.25) is 19.2 Å². The Hall–Kier alpha value is -0.750. The highest BCUT2D eigenvalue weighted by molar-refractivity contribution is 14.1. The summed E-state index contributed by atoms with van der Waals surface area (Å²) in [5, 5.41) is 51.8. The van der Waals surface area contributed by atoms with E-state index in [0.717, 1.165) is 18.7 Å². The van der Waals surface area contributed by atoms with Crippen LogP contribution < -0.4 is 15.5 Å². The second-order valence-electron chi connectivity index (χ2n) is 7.70. The van der Waals surface area contributed by atoms with E-state index in [-0.39, 0.29) is 53.8 Å². The number of nitrogens with zero attached hydrogens (tertiary/aromatic N) is 1. The Bertz CT molecular complexity index is 997. The first-order valence-electron chi connectivity index (χ1n) is 10.7. The molecule has 3 unspecified atom stereocenters. The second kappa shape index (κ2) is 16.4. The maximum atomic E-state index is 13.2. The molecule has 16 heteroatoms. The number of ether oxygens (including phenoxy) is 1. The van der Waals surface area contributed by atoms with E-state index in [4.69, 9.17) is 14.9 Å². The number of carbonyl (C=O) groups excluding carboxylic acids is 4. The molecule has 4 amide bonds. The minimum absolute atomic E-state index is 0.0266. The van der Waals surface area contributed by atoms with Gasteiger partial charge in [-0.1, -0.05) is 0 Å². The van der Waals surface area contributed by atoms with Gasteiger partial charge >= 0.3 is 0 Å². The number of aliphatic hydroxyl groups excluding tert-OH is 5. The molecule has 0 aliphatic rings. The van der Waals surface area contributed by atoms with E-state index in [0.29, 0.717) is 0 Å². The quantitative estimate of drug-likeness (QED) is 0.120. The third kappa shape index (κ3) is 9.74. The summed E-state index contributed by atoms with van der Waals surface area (Å²) in [7, 11) is 0. The Morgan fingerprint density at radius 2 is 1.16 bits per heavy atom. The summed E-state index contributed by atoms with van der Waals surface area (Å²) in [4.78, 5) is 51.7. The highest BCUT2D eigenvalue weighted by Crippen LogP contribution is 2.38. The SMILES string of the molecule is CC(=O)N(C(C)=O)c1c(I)c(C(=O)NCC(O)CO)c(I)c(C(=O)NCC(O)COCC(O)CO)c1I. The minimum Gasteiger partial charge on any atom is -0.394 e.